The lowest BCUT2D eigenvalue weighted by atomic mass is 9.67. The average molecular weight is 462 g/mol. The van der Waals surface area contributed by atoms with Gasteiger partial charge in [0.2, 0.25) is 0 Å². The van der Waals surface area contributed by atoms with Crippen LogP contribution in [0.1, 0.15) is 47.8 Å². The molecular formula is C25H22N2O7. The lowest BCUT2D eigenvalue weighted by Gasteiger charge is -2.35. The van der Waals surface area contributed by atoms with Crippen LogP contribution in [0.2, 0.25) is 0 Å². The van der Waals surface area contributed by atoms with Crippen molar-refractivity contribution in [2.24, 2.45) is 17.6 Å². The molecule has 1 aromatic heterocycles. The molecule has 2 unspecified atom stereocenters. The zero-order valence-electron chi connectivity index (χ0n) is 18.5. The standard InChI is InChI=1S/C25H22N2O7/c1-9(2)14-8-17(34-27-14)12-3-4-15(28)20-13(12)6-10-5-11-7-16(29)21(25(26)33)24(32)19(11)22(30)18(10)23(20)31/h3-4,6,8-9,11,19,28,31-32H,5,7H2,1-2H3,(H2,26,33). The van der Waals surface area contributed by atoms with Crippen LogP contribution in [0.5, 0.6) is 11.5 Å². The minimum atomic E-state index is -1.18. The largest absolute Gasteiger partial charge is 0.511 e. The van der Waals surface area contributed by atoms with Gasteiger partial charge in [-0.1, -0.05) is 19.0 Å². The smallest absolute Gasteiger partial charge is 0.255 e. The molecule has 5 rings (SSSR count). The van der Waals surface area contributed by atoms with Gasteiger partial charge in [-0.15, -0.1) is 0 Å². The van der Waals surface area contributed by atoms with Crippen LogP contribution in [0, 0.1) is 11.8 Å². The summed E-state index contributed by atoms with van der Waals surface area (Å²) in [4.78, 5) is 37.5. The van der Waals surface area contributed by atoms with Crippen molar-refractivity contribution < 1.29 is 34.2 Å². The van der Waals surface area contributed by atoms with Crippen LogP contribution in [0.3, 0.4) is 0 Å². The van der Waals surface area contributed by atoms with E-state index in [2.05, 4.69) is 5.16 Å². The van der Waals surface area contributed by atoms with Crippen molar-refractivity contribution >= 4 is 28.2 Å². The number of phenolic OH excluding ortho intramolecular Hbond substituents is 2. The number of ketones is 2. The first-order valence-electron chi connectivity index (χ1n) is 10.9. The maximum absolute atomic E-state index is 13.4. The van der Waals surface area contributed by atoms with Crippen molar-refractivity contribution in [3.05, 3.63) is 52.4 Å². The minimum absolute atomic E-state index is 0.0519. The summed E-state index contributed by atoms with van der Waals surface area (Å²) in [6, 6.07) is 6.49. The summed E-state index contributed by atoms with van der Waals surface area (Å²) >= 11 is 0. The Kier molecular flexibility index (Phi) is 4.75. The van der Waals surface area contributed by atoms with E-state index in [1.807, 2.05) is 13.8 Å². The summed E-state index contributed by atoms with van der Waals surface area (Å²) < 4.78 is 5.51. The first-order chi connectivity index (χ1) is 16.1. The fraction of sp³-hybridized carbons (Fsp3) is 0.280. The lowest BCUT2D eigenvalue weighted by molar-refractivity contribution is -0.122. The fourth-order valence-electron chi connectivity index (χ4n) is 5.08. The van der Waals surface area contributed by atoms with Crippen LogP contribution in [0.15, 0.2) is 40.1 Å². The number of hydrogen-bond donors (Lipinski definition) is 4. The SMILES string of the molecule is CC(C)c1cc(-c2ccc(O)c3c(O)c4c(cc23)CC2CC(=O)C(C(N)=O)=C(O)C2C4=O)on1. The Hall–Kier alpha value is -4.14. The van der Waals surface area contributed by atoms with Gasteiger partial charge in [0.15, 0.2) is 17.3 Å². The highest BCUT2D eigenvalue weighted by atomic mass is 16.5. The molecule has 0 spiro atoms. The number of aliphatic hydroxyl groups excluding tert-OH is 1. The van der Waals surface area contributed by atoms with Gasteiger partial charge < -0.3 is 25.6 Å². The van der Waals surface area contributed by atoms with Crippen molar-refractivity contribution in [1.29, 1.82) is 0 Å². The topological polar surface area (TPSA) is 164 Å². The van der Waals surface area contributed by atoms with Gasteiger partial charge in [-0.05, 0) is 42.0 Å². The van der Waals surface area contributed by atoms with Crippen molar-refractivity contribution in [2.75, 3.05) is 0 Å². The van der Waals surface area contributed by atoms with Gasteiger partial charge >= 0.3 is 0 Å². The van der Waals surface area contributed by atoms with Crippen LogP contribution in [0.25, 0.3) is 22.1 Å². The number of carbonyl (C=O) groups excluding carboxylic acids is 3. The number of aromatic nitrogens is 1. The lowest BCUT2D eigenvalue weighted by Crippen LogP contribution is -2.41. The molecule has 2 atom stereocenters. The van der Waals surface area contributed by atoms with Crippen molar-refractivity contribution in [3.8, 4) is 22.8 Å². The molecule has 34 heavy (non-hydrogen) atoms. The van der Waals surface area contributed by atoms with E-state index >= 15 is 0 Å². The van der Waals surface area contributed by atoms with Crippen LogP contribution in [-0.4, -0.2) is 37.9 Å². The predicted molar refractivity (Wildman–Crippen MR) is 120 cm³/mol. The first-order valence-corrected chi connectivity index (χ1v) is 10.9. The number of amides is 1. The molecule has 9 nitrogen and oxygen atoms in total. The zero-order chi connectivity index (χ0) is 24.5. The number of fused-ring (bicyclic) bond motifs is 3. The number of nitrogens with zero attached hydrogens (tertiary/aromatic N) is 1. The second-order valence-corrected chi connectivity index (χ2v) is 9.14. The summed E-state index contributed by atoms with van der Waals surface area (Å²) in [7, 11) is 0. The molecule has 3 aromatic rings. The van der Waals surface area contributed by atoms with E-state index in [0.717, 1.165) is 5.69 Å². The highest BCUT2D eigenvalue weighted by molar-refractivity contribution is 6.22. The van der Waals surface area contributed by atoms with Crippen molar-refractivity contribution in [2.45, 2.75) is 32.6 Å². The van der Waals surface area contributed by atoms with Gasteiger partial charge in [-0.2, -0.15) is 0 Å². The first kappa shape index (κ1) is 21.7. The molecule has 0 saturated heterocycles. The van der Waals surface area contributed by atoms with Gasteiger partial charge in [-0.25, -0.2) is 0 Å². The Morgan fingerprint density at radius 3 is 2.53 bits per heavy atom. The van der Waals surface area contributed by atoms with Crippen molar-refractivity contribution in [3.63, 3.8) is 0 Å². The second kappa shape index (κ2) is 7.44. The number of hydrogen-bond acceptors (Lipinski definition) is 8. The number of carbonyl (C=O) groups is 3. The molecule has 1 heterocycles. The molecule has 2 aromatic carbocycles. The normalized spacial score (nSPS) is 20.1. The molecule has 0 aliphatic heterocycles. The van der Waals surface area contributed by atoms with Crippen molar-refractivity contribution in [1.82, 2.24) is 5.16 Å². The van der Waals surface area contributed by atoms with E-state index in [1.54, 1.807) is 18.2 Å². The zero-order valence-corrected chi connectivity index (χ0v) is 18.5. The fourth-order valence-corrected chi connectivity index (χ4v) is 5.08. The molecule has 0 saturated carbocycles. The second-order valence-electron chi connectivity index (χ2n) is 9.14. The maximum atomic E-state index is 13.4. The Morgan fingerprint density at radius 1 is 1.15 bits per heavy atom. The number of rotatable bonds is 3. The number of aromatic hydroxyl groups is 2. The molecule has 0 bridgehead atoms. The van der Waals surface area contributed by atoms with E-state index in [4.69, 9.17) is 10.3 Å². The van der Waals surface area contributed by atoms with Crippen LogP contribution in [0.4, 0.5) is 0 Å². The number of phenols is 2. The van der Waals surface area contributed by atoms with Crippen LogP contribution in [-0.2, 0) is 16.0 Å². The number of nitrogens with two attached hydrogens (primary N) is 1. The number of allylic oxidation sites excluding steroid dienone is 1. The van der Waals surface area contributed by atoms with Crippen LogP contribution < -0.4 is 5.73 Å². The summed E-state index contributed by atoms with van der Waals surface area (Å²) in [5.74, 6) is -4.90. The summed E-state index contributed by atoms with van der Waals surface area (Å²) in [5, 5.41) is 36.9. The Labute approximate surface area is 193 Å². The highest BCUT2D eigenvalue weighted by Gasteiger charge is 2.47. The molecule has 9 heteroatoms. The van der Waals surface area contributed by atoms with Gasteiger partial charge in [0.05, 0.1) is 22.6 Å². The quantitative estimate of drug-likeness (QED) is 0.431. The number of aliphatic hydroxyl groups is 1. The molecule has 2 aliphatic rings. The summed E-state index contributed by atoms with van der Waals surface area (Å²) in [6.07, 6.45) is 0.0591. The number of benzene rings is 2. The minimum Gasteiger partial charge on any atom is -0.511 e. The number of primary amides is 1. The molecule has 0 fully saturated rings. The number of Topliss-reactive ketones (excluding diaryl/α,β-unsaturated/α-hetero) is 2. The molecule has 1 amide bonds. The highest BCUT2D eigenvalue weighted by Crippen LogP contribution is 2.48. The van der Waals surface area contributed by atoms with Gasteiger partial charge in [0.1, 0.15) is 22.8 Å². The van der Waals surface area contributed by atoms with Gasteiger partial charge in [-0.3, -0.25) is 14.4 Å². The van der Waals surface area contributed by atoms with E-state index in [-0.39, 0.29) is 35.5 Å². The van der Waals surface area contributed by atoms with E-state index in [1.165, 1.54) is 6.07 Å². The van der Waals surface area contributed by atoms with E-state index < -0.39 is 46.4 Å². The summed E-state index contributed by atoms with van der Waals surface area (Å²) in [5.41, 5.74) is 6.38. The monoisotopic (exact) mass is 462 g/mol. The third kappa shape index (κ3) is 3.00. The molecule has 2 aliphatic carbocycles. The Balaban J connectivity index is 1.73. The molecular weight excluding hydrogens is 440 g/mol. The Morgan fingerprint density at radius 2 is 1.88 bits per heavy atom. The average Bonchev–Trinajstić information content (AvgIpc) is 3.23. The molecule has 5 N–H and O–H groups in total. The van der Waals surface area contributed by atoms with E-state index in [0.29, 0.717) is 22.3 Å². The van der Waals surface area contributed by atoms with Gasteiger partial charge in [0.25, 0.3) is 5.91 Å². The van der Waals surface area contributed by atoms with Gasteiger partial charge in [0, 0.05) is 23.4 Å². The molecule has 0 radical (unpaired) electrons. The predicted octanol–water partition coefficient (Wildman–Crippen LogP) is 3.27. The summed E-state index contributed by atoms with van der Waals surface area (Å²) in [6.45, 7) is 3.94. The maximum Gasteiger partial charge on any atom is 0.255 e. The van der Waals surface area contributed by atoms with Crippen LogP contribution >= 0.6 is 0 Å². The molecule has 174 valence electrons. The third-order valence-electron chi connectivity index (χ3n) is 6.73. The Bertz CT molecular complexity index is 1450. The van der Waals surface area contributed by atoms with E-state index in [9.17, 15) is 29.7 Å². The third-order valence-corrected chi connectivity index (χ3v) is 6.73.